The van der Waals surface area contributed by atoms with Gasteiger partial charge in [-0.3, -0.25) is 9.36 Å². The predicted octanol–water partition coefficient (Wildman–Crippen LogP) is -0.257. The molecule has 0 aliphatic carbocycles. The lowest BCUT2D eigenvalue weighted by molar-refractivity contribution is -0.122. The standard InChI is InChI=1S/C13H24N4O3/c1-10(2)6-11(4-5-18)7-14-12(19)8-17-13(20)16(3)9-15-17/h9-11,18H,4-8H2,1-3H3,(H,14,19). The molecule has 0 aliphatic rings. The summed E-state index contributed by atoms with van der Waals surface area (Å²) in [5.41, 5.74) is -0.311. The maximum absolute atomic E-state index is 11.8. The number of aliphatic hydroxyl groups is 1. The van der Waals surface area contributed by atoms with Gasteiger partial charge in [0.05, 0.1) is 0 Å². The van der Waals surface area contributed by atoms with Gasteiger partial charge in [0.1, 0.15) is 12.9 Å². The Kier molecular flexibility index (Phi) is 6.44. The first kappa shape index (κ1) is 16.4. The zero-order valence-electron chi connectivity index (χ0n) is 12.4. The summed E-state index contributed by atoms with van der Waals surface area (Å²) < 4.78 is 2.44. The first-order valence-electron chi connectivity index (χ1n) is 6.90. The van der Waals surface area contributed by atoms with Gasteiger partial charge in [0.25, 0.3) is 0 Å². The zero-order chi connectivity index (χ0) is 15.1. The lowest BCUT2D eigenvalue weighted by Gasteiger charge is -2.18. The molecule has 1 amide bonds. The van der Waals surface area contributed by atoms with Gasteiger partial charge in [0, 0.05) is 20.2 Å². The highest BCUT2D eigenvalue weighted by Gasteiger charge is 2.13. The fourth-order valence-electron chi connectivity index (χ4n) is 2.13. The second kappa shape index (κ2) is 7.84. The molecular formula is C13H24N4O3. The third-order valence-electron chi connectivity index (χ3n) is 3.11. The van der Waals surface area contributed by atoms with E-state index >= 15 is 0 Å². The van der Waals surface area contributed by atoms with Gasteiger partial charge < -0.3 is 10.4 Å². The lowest BCUT2D eigenvalue weighted by Crippen LogP contribution is -2.36. The van der Waals surface area contributed by atoms with Crippen molar-refractivity contribution < 1.29 is 9.90 Å². The highest BCUT2D eigenvalue weighted by Crippen LogP contribution is 2.14. The van der Waals surface area contributed by atoms with Crippen LogP contribution < -0.4 is 11.0 Å². The molecule has 0 saturated carbocycles. The minimum Gasteiger partial charge on any atom is -0.396 e. The van der Waals surface area contributed by atoms with E-state index in [2.05, 4.69) is 24.3 Å². The molecule has 1 heterocycles. The van der Waals surface area contributed by atoms with Crippen LogP contribution in [0.3, 0.4) is 0 Å². The SMILES string of the molecule is CC(C)CC(CCO)CNC(=O)Cn1ncn(C)c1=O. The van der Waals surface area contributed by atoms with Crippen molar-refractivity contribution in [2.24, 2.45) is 18.9 Å². The highest BCUT2D eigenvalue weighted by molar-refractivity contribution is 5.75. The number of aromatic nitrogens is 3. The number of nitrogens with one attached hydrogen (secondary N) is 1. The van der Waals surface area contributed by atoms with Crippen LogP contribution in [0.5, 0.6) is 0 Å². The summed E-state index contributed by atoms with van der Waals surface area (Å²) >= 11 is 0. The molecule has 1 unspecified atom stereocenters. The molecule has 0 aliphatic heterocycles. The molecular weight excluding hydrogens is 260 g/mol. The Morgan fingerprint density at radius 2 is 2.20 bits per heavy atom. The van der Waals surface area contributed by atoms with E-state index in [1.807, 2.05) is 0 Å². The molecule has 0 radical (unpaired) electrons. The Hall–Kier alpha value is -1.63. The number of nitrogens with zero attached hydrogens (tertiary/aromatic N) is 3. The minimum atomic E-state index is -0.311. The van der Waals surface area contributed by atoms with E-state index in [1.165, 1.54) is 10.9 Å². The average molecular weight is 284 g/mol. The van der Waals surface area contributed by atoms with Crippen LogP contribution in [0.15, 0.2) is 11.1 Å². The quantitative estimate of drug-likeness (QED) is 0.688. The monoisotopic (exact) mass is 284 g/mol. The van der Waals surface area contributed by atoms with Crippen molar-refractivity contribution in [1.29, 1.82) is 0 Å². The van der Waals surface area contributed by atoms with E-state index in [0.29, 0.717) is 18.9 Å². The number of aryl methyl sites for hydroxylation is 1. The number of hydrogen-bond donors (Lipinski definition) is 2. The fourth-order valence-corrected chi connectivity index (χ4v) is 2.13. The normalized spacial score (nSPS) is 12.7. The van der Waals surface area contributed by atoms with Crippen molar-refractivity contribution in [3.63, 3.8) is 0 Å². The number of carbonyl (C=O) groups excluding carboxylic acids is 1. The van der Waals surface area contributed by atoms with E-state index in [9.17, 15) is 9.59 Å². The van der Waals surface area contributed by atoms with Gasteiger partial charge in [-0.25, -0.2) is 9.48 Å². The molecule has 7 nitrogen and oxygen atoms in total. The van der Waals surface area contributed by atoms with Crippen LogP contribution >= 0.6 is 0 Å². The minimum absolute atomic E-state index is 0.0762. The molecule has 0 aromatic carbocycles. The highest BCUT2D eigenvalue weighted by atomic mass is 16.3. The zero-order valence-corrected chi connectivity index (χ0v) is 12.4. The molecule has 0 spiro atoms. The number of hydrogen-bond acceptors (Lipinski definition) is 4. The first-order valence-corrected chi connectivity index (χ1v) is 6.90. The fraction of sp³-hybridized carbons (Fsp3) is 0.769. The maximum Gasteiger partial charge on any atom is 0.345 e. The second-order valence-electron chi connectivity index (χ2n) is 5.49. The number of amides is 1. The van der Waals surface area contributed by atoms with Crippen LogP contribution in [-0.2, 0) is 18.4 Å². The lowest BCUT2D eigenvalue weighted by atomic mass is 9.94. The molecule has 1 aromatic rings. The predicted molar refractivity (Wildman–Crippen MR) is 75.1 cm³/mol. The molecule has 0 bridgehead atoms. The topological polar surface area (TPSA) is 89.2 Å². The van der Waals surface area contributed by atoms with Gasteiger partial charge in [-0.05, 0) is 24.7 Å². The molecule has 1 aromatic heterocycles. The van der Waals surface area contributed by atoms with Crippen LogP contribution in [0, 0.1) is 11.8 Å². The molecule has 0 saturated heterocycles. The Balaban J connectivity index is 2.45. The van der Waals surface area contributed by atoms with Crippen LogP contribution in [0.1, 0.15) is 26.7 Å². The van der Waals surface area contributed by atoms with Crippen LogP contribution in [0.4, 0.5) is 0 Å². The number of rotatable bonds is 8. The van der Waals surface area contributed by atoms with Gasteiger partial charge in [-0.2, -0.15) is 5.10 Å². The van der Waals surface area contributed by atoms with Crippen LogP contribution in [-0.4, -0.2) is 38.5 Å². The van der Waals surface area contributed by atoms with Crippen molar-refractivity contribution in [2.75, 3.05) is 13.2 Å². The molecule has 1 atom stereocenters. The summed E-state index contributed by atoms with van der Waals surface area (Å²) in [4.78, 5) is 23.3. The second-order valence-corrected chi connectivity index (χ2v) is 5.49. The number of aliphatic hydroxyl groups excluding tert-OH is 1. The Morgan fingerprint density at radius 3 is 2.70 bits per heavy atom. The molecule has 114 valence electrons. The summed E-state index contributed by atoms with van der Waals surface area (Å²) in [6.07, 6.45) is 3.00. The summed E-state index contributed by atoms with van der Waals surface area (Å²) in [5, 5.41) is 15.7. The van der Waals surface area contributed by atoms with E-state index in [0.717, 1.165) is 11.1 Å². The summed E-state index contributed by atoms with van der Waals surface area (Å²) in [6, 6.07) is 0. The third-order valence-corrected chi connectivity index (χ3v) is 3.11. The maximum atomic E-state index is 11.8. The van der Waals surface area contributed by atoms with Gasteiger partial charge >= 0.3 is 5.69 Å². The Labute approximate surface area is 118 Å². The Morgan fingerprint density at radius 1 is 1.50 bits per heavy atom. The molecule has 1 rings (SSSR count). The van der Waals surface area contributed by atoms with Gasteiger partial charge in [0.15, 0.2) is 0 Å². The molecule has 20 heavy (non-hydrogen) atoms. The van der Waals surface area contributed by atoms with Crippen molar-refractivity contribution in [1.82, 2.24) is 19.7 Å². The van der Waals surface area contributed by atoms with Crippen molar-refractivity contribution in [3.8, 4) is 0 Å². The van der Waals surface area contributed by atoms with E-state index < -0.39 is 0 Å². The van der Waals surface area contributed by atoms with Crippen molar-refractivity contribution in [2.45, 2.75) is 33.2 Å². The summed E-state index contributed by atoms with van der Waals surface area (Å²) in [6.45, 7) is 4.78. The van der Waals surface area contributed by atoms with Crippen molar-refractivity contribution in [3.05, 3.63) is 16.8 Å². The molecule has 7 heteroatoms. The van der Waals surface area contributed by atoms with Crippen LogP contribution in [0.25, 0.3) is 0 Å². The van der Waals surface area contributed by atoms with E-state index in [1.54, 1.807) is 7.05 Å². The molecule has 2 N–H and O–H groups in total. The van der Waals surface area contributed by atoms with Crippen LogP contribution in [0.2, 0.25) is 0 Å². The summed E-state index contributed by atoms with van der Waals surface area (Å²) in [7, 11) is 1.59. The van der Waals surface area contributed by atoms with Crippen molar-refractivity contribution >= 4 is 5.91 Å². The average Bonchev–Trinajstić information content (AvgIpc) is 2.68. The van der Waals surface area contributed by atoms with E-state index in [4.69, 9.17) is 5.11 Å². The first-order chi connectivity index (χ1) is 9.43. The number of carbonyl (C=O) groups is 1. The smallest absolute Gasteiger partial charge is 0.345 e. The van der Waals surface area contributed by atoms with E-state index in [-0.39, 0.29) is 30.7 Å². The van der Waals surface area contributed by atoms with Gasteiger partial charge in [-0.1, -0.05) is 13.8 Å². The van der Waals surface area contributed by atoms with Gasteiger partial charge in [0.2, 0.25) is 5.91 Å². The summed E-state index contributed by atoms with van der Waals surface area (Å²) in [5.74, 6) is 0.531. The largest absolute Gasteiger partial charge is 0.396 e. The Bertz CT molecular complexity index is 478. The molecule has 0 fully saturated rings. The van der Waals surface area contributed by atoms with Gasteiger partial charge in [-0.15, -0.1) is 0 Å². The third kappa shape index (κ3) is 5.16.